The van der Waals surface area contributed by atoms with E-state index in [1.807, 2.05) is 12.1 Å². The number of non-ortho nitro benzene ring substituents is 1. The Morgan fingerprint density at radius 3 is 2.45 bits per heavy atom. The Morgan fingerprint density at radius 2 is 1.85 bits per heavy atom. The molecule has 0 spiro atoms. The van der Waals surface area contributed by atoms with Crippen molar-refractivity contribution in [1.29, 1.82) is 0 Å². The van der Waals surface area contributed by atoms with Crippen molar-refractivity contribution in [3.8, 4) is 0 Å². The summed E-state index contributed by atoms with van der Waals surface area (Å²) in [5, 5.41) is 14.0. The molecule has 0 fully saturated rings. The molecule has 0 aliphatic rings. The van der Waals surface area contributed by atoms with Crippen molar-refractivity contribution in [2.45, 2.75) is 19.4 Å². The molecule has 0 bridgehead atoms. The maximum Gasteiger partial charge on any atom is 0.269 e. The normalized spacial score (nSPS) is 12.1. The second-order valence-electron chi connectivity index (χ2n) is 4.63. The zero-order valence-electron chi connectivity index (χ0n) is 11.3. The van der Waals surface area contributed by atoms with Crippen LogP contribution in [0.5, 0.6) is 0 Å². The van der Waals surface area contributed by atoms with Crippen LogP contribution in [-0.2, 0) is 6.42 Å². The van der Waals surface area contributed by atoms with Gasteiger partial charge in [0.2, 0.25) is 0 Å². The molecule has 0 saturated carbocycles. The van der Waals surface area contributed by atoms with Gasteiger partial charge in [-0.25, -0.2) is 0 Å². The van der Waals surface area contributed by atoms with Crippen molar-refractivity contribution in [2.24, 2.45) is 0 Å². The Labute approximate surface area is 117 Å². The van der Waals surface area contributed by atoms with E-state index in [9.17, 15) is 10.1 Å². The molecule has 1 aromatic carbocycles. The van der Waals surface area contributed by atoms with Crippen molar-refractivity contribution in [2.75, 3.05) is 6.54 Å². The summed E-state index contributed by atoms with van der Waals surface area (Å²) in [6.07, 6.45) is 4.40. The number of nitro groups is 1. The smallest absolute Gasteiger partial charge is 0.269 e. The Balaban J connectivity index is 1.82. The zero-order chi connectivity index (χ0) is 14.4. The van der Waals surface area contributed by atoms with Crippen molar-refractivity contribution in [3.05, 3.63) is 70.0 Å². The fraction of sp³-hybridized carbons (Fsp3) is 0.267. The predicted molar refractivity (Wildman–Crippen MR) is 77.5 cm³/mol. The number of pyridine rings is 1. The standard InChI is InChI=1S/C15H17N3O2/c1-12(14-7-9-16-10-8-14)17-11-6-13-2-4-15(5-3-13)18(19)20/h2-5,7-10,12,17H,6,11H2,1H3. The molecule has 1 aromatic heterocycles. The van der Waals surface area contributed by atoms with Gasteiger partial charge in [-0.05, 0) is 43.1 Å². The van der Waals surface area contributed by atoms with Crippen LogP contribution in [-0.4, -0.2) is 16.5 Å². The van der Waals surface area contributed by atoms with Gasteiger partial charge in [0.25, 0.3) is 5.69 Å². The summed E-state index contributed by atoms with van der Waals surface area (Å²) < 4.78 is 0. The second kappa shape index (κ2) is 6.77. The van der Waals surface area contributed by atoms with Crippen molar-refractivity contribution >= 4 is 5.69 Å². The third-order valence-electron chi connectivity index (χ3n) is 3.22. The van der Waals surface area contributed by atoms with Crippen LogP contribution >= 0.6 is 0 Å². The molecule has 0 aliphatic carbocycles. The Morgan fingerprint density at radius 1 is 1.20 bits per heavy atom. The summed E-state index contributed by atoms with van der Waals surface area (Å²) in [5.41, 5.74) is 2.42. The highest BCUT2D eigenvalue weighted by Gasteiger charge is 2.05. The highest BCUT2D eigenvalue weighted by molar-refractivity contribution is 5.32. The molecule has 2 rings (SSSR count). The maximum absolute atomic E-state index is 10.6. The van der Waals surface area contributed by atoms with Gasteiger partial charge in [0, 0.05) is 30.6 Å². The van der Waals surface area contributed by atoms with E-state index in [0.717, 1.165) is 18.5 Å². The fourth-order valence-corrected chi connectivity index (χ4v) is 1.99. The monoisotopic (exact) mass is 271 g/mol. The average molecular weight is 271 g/mol. The average Bonchev–Trinajstić information content (AvgIpc) is 2.48. The molecular weight excluding hydrogens is 254 g/mol. The Bertz CT molecular complexity index is 555. The molecule has 1 atom stereocenters. The number of nitrogens with one attached hydrogen (secondary N) is 1. The lowest BCUT2D eigenvalue weighted by molar-refractivity contribution is -0.384. The number of nitrogens with zero attached hydrogens (tertiary/aromatic N) is 2. The van der Waals surface area contributed by atoms with Crippen LogP contribution in [0.3, 0.4) is 0 Å². The van der Waals surface area contributed by atoms with Crippen LogP contribution in [0.1, 0.15) is 24.1 Å². The van der Waals surface area contributed by atoms with Crippen LogP contribution in [0.15, 0.2) is 48.8 Å². The molecule has 0 saturated heterocycles. The summed E-state index contributed by atoms with van der Waals surface area (Å²) in [6, 6.07) is 10.9. The van der Waals surface area contributed by atoms with E-state index >= 15 is 0 Å². The fourth-order valence-electron chi connectivity index (χ4n) is 1.99. The number of hydrogen-bond donors (Lipinski definition) is 1. The van der Waals surface area contributed by atoms with E-state index in [2.05, 4.69) is 17.2 Å². The molecule has 104 valence electrons. The lowest BCUT2D eigenvalue weighted by Crippen LogP contribution is -2.21. The van der Waals surface area contributed by atoms with E-state index < -0.39 is 0 Å². The summed E-state index contributed by atoms with van der Waals surface area (Å²) in [6.45, 7) is 2.92. The lowest BCUT2D eigenvalue weighted by atomic mass is 10.1. The third-order valence-corrected chi connectivity index (χ3v) is 3.22. The molecule has 0 radical (unpaired) electrons. The largest absolute Gasteiger partial charge is 0.310 e. The summed E-state index contributed by atoms with van der Waals surface area (Å²) in [4.78, 5) is 14.2. The topological polar surface area (TPSA) is 68.1 Å². The van der Waals surface area contributed by atoms with E-state index in [1.165, 1.54) is 5.56 Å². The first-order valence-corrected chi connectivity index (χ1v) is 6.53. The first-order valence-electron chi connectivity index (χ1n) is 6.53. The van der Waals surface area contributed by atoms with E-state index in [4.69, 9.17) is 0 Å². The van der Waals surface area contributed by atoms with Gasteiger partial charge in [0.15, 0.2) is 0 Å². The summed E-state index contributed by atoms with van der Waals surface area (Å²) in [7, 11) is 0. The van der Waals surface area contributed by atoms with E-state index in [-0.39, 0.29) is 16.7 Å². The lowest BCUT2D eigenvalue weighted by Gasteiger charge is -2.13. The van der Waals surface area contributed by atoms with Gasteiger partial charge in [-0.3, -0.25) is 15.1 Å². The van der Waals surface area contributed by atoms with Gasteiger partial charge in [0.1, 0.15) is 0 Å². The number of hydrogen-bond acceptors (Lipinski definition) is 4. The van der Waals surface area contributed by atoms with Gasteiger partial charge in [-0.2, -0.15) is 0 Å². The molecule has 1 N–H and O–H groups in total. The number of aromatic nitrogens is 1. The van der Waals surface area contributed by atoms with Crippen molar-refractivity contribution < 1.29 is 4.92 Å². The number of nitro benzene ring substituents is 1. The van der Waals surface area contributed by atoms with Crippen molar-refractivity contribution in [1.82, 2.24) is 10.3 Å². The minimum Gasteiger partial charge on any atom is -0.310 e. The molecular formula is C15H17N3O2. The van der Waals surface area contributed by atoms with Gasteiger partial charge >= 0.3 is 0 Å². The molecule has 1 heterocycles. The molecule has 5 nitrogen and oxygen atoms in total. The molecule has 0 aliphatic heterocycles. The molecule has 0 amide bonds. The Kier molecular flexibility index (Phi) is 4.79. The summed E-state index contributed by atoms with van der Waals surface area (Å²) >= 11 is 0. The first kappa shape index (κ1) is 14.1. The van der Waals surface area contributed by atoms with Gasteiger partial charge in [0.05, 0.1) is 4.92 Å². The van der Waals surface area contributed by atoms with Crippen LogP contribution < -0.4 is 5.32 Å². The van der Waals surface area contributed by atoms with Gasteiger partial charge in [-0.1, -0.05) is 12.1 Å². The van der Waals surface area contributed by atoms with Crippen LogP contribution in [0, 0.1) is 10.1 Å². The number of rotatable bonds is 6. The predicted octanol–water partition coefficient (Wildman–Crippen LogP) is 2.88. The number of benzene rings is 1. The van der Waals surface area contributed by atoms with E-state index in [0.29, 0.717) is 0 Å². The first-order chi connectivity index (χ1) is 9.66. The SMILES string of the molecule is CC(NCCc1ccc([N+](=O)[O-])cc1)c1ccncc1. The van der Waals surface area contributed by atoms with Crippen LogP contribution in [0.2, 0.25) is 0 Å². The Hall–Kier alpha value is -2.27. The maximum atomic E-state index is 10.6. The zero-order valence-corrected chi connectivity index (χ0v) is 11.3. The van der Waals surface area contributed by atoms with E-state index in [1.54, 1.807) is 36.7 Å². The minimum atomic E-state index is -0.381. The summed E-state index contributed by atoms with van der Waals surface area (Å²) in [5.74, 6) is 0. The van der Waals surface area contributed by atoms with Crippen LogP contribution in [0.4, 0.5) is 5.69 Å². The van der Waals surface area contributed by atoms with Crippen molar-refractivity contribution in [3.63, 3.8) is 0 Å². The quantitative estimate of drug-likeness (QED) is 0.648. The molecule has 1 unspecified atom stereocenters. The molecule has 5 heteroatoms. The highest BCUT2D eigenvalue weighted by Crippen LogP contribution is 2.13. The molecule has 2 aromatic rings. The van der Waals surface area contributed by atoms with Gasteiger partial charge in [-0.15, -0.1) is 0 Å². The third kappa shape index (κ3) is 3.86. The second-order valence-corrected chi connectivity index (χ2v) is 4.63. The molecule has 20 heavy (non-hydrogen) atoms. The van der Waals surface area contributed by atoms with Crippen LogP contribution in [0.25, 0.3) is 0 Å². The minimum absolute atomic E-state index is 0.131. The van der Waals surface area contributed by atoms with Gasteiger partial charge < -0.3 is 5.32 Å². The highest BCUT2D eigenvalue weighted by atomic mass is 16.6.